The highest BCUT2D eigenvalue weighted by molar-refractivity contribution is 5.38. The zero-order chi connectivity index (χ0) is 13.5. The van der Waals surface area contributed by atoms with Crippen LogP contribution in [-0.2, 0) is 6.54 Å². The van der Waals surface area contributed by atoms with E-state index in [1.165, 1.54) is 4.40 Å². The highest BCUT2D eigenvalue weighted by Crippen LogP contribution is 2.25. The number of pyridine rings is 1. The lowest BCUT2D eigenvalue weighted by atomic mass is 9.91. The van der Waals surface area contributed by atoms with Crippen LogP contribution >= 0.6 is 0 Å². The minimum atomic E-state index is -0.550. The van der Waals surface area contributed by atoms with Crippen molar-refractivity contribution in [3.8, 4) is 0 Å². The Balaban J connectivity index is 1.81. The second-order valence-corrected chi connectivity index (χ2v) is 5.24. The molecule has 0 amide bonds. The average Bonchev–Trinajstić information content (AvgIpc) is 2.37. The average molecular weight is 259 g/mol. The summed E-state index contributed by atoms with van der Waals surface area (Å²) in [7, 11) is 0. The zero-order valence-electron chi connectivity index (χ0n) is 10.9. The van der Waals surface area contributed by atoms with Crippen LogP contribution in [0, 0.1) is 0 Å². The van der Waals surface area contributed by atoms with E-state index < -0.39 is 5.60 Å². The largest absolute Gasteiger partial charge is 0.387 e. The summed E-state index contributed by atoms with van der Waals surface area (Å²) in [6.45, 7) is 3.90. The van der Waals surface area contributed by atoms with Crippen molar-refractivity contribution in [3.05, 3.63) is 46.5 Å². The highest BCUT2D eigenvalue weighted by Gasteiger charge is 2.39. The first-order valence-electron chi connectivity index (χ1n) is 6.52. The van der Waals surface area contributed by atoms with Crippen LogP contribution in [0.25, 0.3) is 5.65 Å². The molecule has 0 unspecified atom stereocenters. The lowest BCUT2D eigenvalue weighted by Gasteiger charge is -2.46. The summed E-state index contributed by atoms with van der Waals surface area (Å²) >= 11 is 0. The molecule has 0 atom stereocenters. The summed E-state index contributed by atoms with van der Waals surface area (Å²) in [5.41, 5.74) is 0.809. The van der Waals surface area contributed by atoms with Crippen molar-refractivity contribution in [2.75, 3.05) is 13.1 Å². The second kappa shape index (κ2) is 4.43. The van der Waals surface area contributed by atoms with Crippen molar-refractivity contribution in [2.24, 2.45) is 0 Å². The van der Waals surface area contributed by atoms with E-state index in [9.17, 15) is 9.90 Å². The number of likely N-dealkylation sites (tertiary alicyclic amines) is 1. The third-order valence-electron chi connectivity index (χ3n) is 3.70. The SMILES string of the molecule is CCC1(O)CN(Cc2cc(=O)n3ccccc3n2)C1. The predicted molar refractivity (Wildman–Crippen MR) is 72.0 cm³/mol. The molecule has 0 bridgehead atoms. The van der Waals surface area contributed by atoms with E-state index in [1.807, 2.05) is 25.1 Å². The lowest BCUT2D eigenvalue weighted by molar-refractivity contribution is -0.103. The van der Waals surface area contributed by atoms with Gasteiger partial charge in [-0.3, -0.25) is 14.1 Å². The summed E-state index contributed by atoms with van der Waals surface area (Å²) in [5, 5.41) is 9.97. The normalized spacial score (nSPS) is 18.4. The molecule has 2 aromatic rings. The lowest BCUT2D eigenvalue weighted by Crippen LogP contribution is -2.60. The van der Waals surface area contributed by atoms with Gasteiger partial charge in [0.15, 0.2) is 0 Å². The number of fused-ring (bicyclic) bond motifs is 1. The Bertz CT molecular complexity index is 659. The van der Waals surface area contributed by atoms with Crippen LogP contribution in [0.1, 0.15) is 19.0 Å². The molecule has 0 aromatic carbocycles. The number of hydrogen-bond donors (Lipinski definition) is 1. The molecule has 0 spiro atoms. The molecule has 1 aliphatic rings. The van der Waals surface area contributed by atoms with Gasteiger partial charge in [0.25, 0.3) is 5.56 Å². The van der Waals surface area contributed by atoms with Crippen molar-refractivity contribution in [1.29, 1.82) is 0 Å². The molecule has 5 heteroatoms. The van der Waals surface area contributed by atoms with Gasteiger partial charge in [-0.2, -0.15) is 0 Å². The van der Waals surface area contributed by atoms with Crippen molar-refractivity contribution in [3.63, 3.8) is 0 Å². The molecular weight excluding hydrogens is 242 g/mol. The van der Waals surface area contributed by atoms with Crippen molar-refractivity contribution in [1.82, 2.24) is 14.3 Å². The van der Waals surface area contributed by atoms with Crippen LogP contribution in [0.5, 0.6) is 0 Å². The van der Waals surface area contributed by atoms with E-state index in [0.29, 0.717) is 25.3 Å². The predicted octanol–water partition coefficient (Wildman–Crippen LogP) is 0.651. The molecule has 3 heterocycles. The van der Waals surface area contributed by atoms with Crippen molar-refractivity contribution < 1.29 is 5.11 Å². The van der Waals surface area contributed by atoms with E-state index >= 15 is 0 Å². The number of aliphatic hydroxyl groups is 1. The van der Waals surface area contributed by atoms with Gasteiger partial charge in [0, 0.05) is 31.9 Å². The maximum atomic E-state index is 11.9. The van der Waals surface area contributed by atoms with E-state index in [1.54, 1.807) is 12.3 Å². The first-order chi connectivity index (χ1) is 9.09. The standard InChI is InChI=1S/C14H17N3O2/c1-2-14(19)9-16(10-14)8-11-7-13(18)17-6-4-3-5-12(17)15-11/h3-7,19H,2,8-10H2,1H3. The molecule has 0 aliphatic carbocycles. The molecule has 0 saturated carbocycles. The van der Waals surface area contributed by atoms with Crippen molar-refractivity contribution >= 4 is 5.65 Å². The van der Waals surface area contributed by atoms with E-state index in [2.05, 4.69) is 9.88 Å². The van der Waals surface area contributed by atoms with Crippen LogP contribution in [0.3, 0.4) is 0 Å². The fraction of sp³-hybridized carbons (Fsp3) is 0.429. The zero-order valence-corrected chi connectivity index (χ0v) is 10.9. The highest BCUT2D eigenvalue weighted by atomic mass is 16.3. The third-order valence-corrected chi connectivity index (χ3v) is 3.70. The van der Waals surface area contributed by atoms with Gasteiger partial charge < -0.3 is 5.11 Å². The summed E-state index contributed by atoms with van der Waals surface area (Å²) < 4.78 is 1.53. The van der Waals surface area contributed by atoms with Crippen LogP contribution in [0.2, 0.25) is 0 Å². The van der Waals surface area contributed by atoms with Crippen LogP contribution in [0.4, 0.5) is 0 Å². The Morgan fingerprint density at radius 3 is 2.95 bits per heavy atom. The molecule has 5 nitrogen and oxygen atoms in total. The Morgan fingerprint density at radius 2 is 2.21 bits per heavy atom. The molecule has 0 radical (unpaired) electrons. The van der Waals surface area contributed by atoms with Gasteiger partial charge in [0.1, 0.15) is 5.65 Å². The number of β-amino-alcohol motifs (C(OH)–C–C–N with tert-alkyl or cyclic N) is 1. The fourth-order valence-corrected chi connectivity index (χ4v) is 2.53. The van der Waals surface area contributed by atoms with E-state index in [-0.39, 0.29) is 5.56 Å². The minimum absolute atomic E-state index is 0.0631. The molecule has 1 fully saturated rings. The summed E-state index contributed by atoms with van der Waals surface area (Å²) in [6.07, 6.45) is 2.48. The minimum Gasteiger partial charge on any atom is -0.387 e. The van der Waals surface area contributed by atoms with E-state index in [0.717, 1.165) is 12.1 Å². The number of hydrogen-bond acceptors (Lipinski definition) is 4. The van der Waals surface area contributed by atoms with Gasteiger partial charge in [0.05, 0.1) is 11.3 Å². The maximum absolute atomic E-state index is 11.9. The molecule has 1 aliphatic heterocycles. The first kappa shape index (κ1) is 12.3. The Kier molecular flexibility index (Phi) is 2.88. The summed E-state index contributed by atoms with van der Waals surface area (Å²) in [6, 6.07) is 7.07. The summed E-state index contributed by atoms with van der Waals surface area (Å²) in [4.78, 5) is 18.5. The Hall–Kier alpha value is -1.72. The van der Waals surface area contributed by atoms with Gasteiger partial charge in [-0.05, 0) is 18.6 Å². The number of rotatable bonds is 3. The Morgan fingerprint density at radius 1 is 1.42 bits per heavy atom. The van der Waals surface area contributed by atoms with Crippen LogP contribution in [-0.4, -0.2) is 38.1 Å². The van der Waals surface area contributed by atoms with Crippen LogP contribution in [0.15, 0.2) is 35.3 Å². The number of nitrogens with zero attached hydrogens (tertiary/aromatic N) is 3. The number of aromatic nitrogens is 2. The quantitative estimate of drug-likeness (QED) is 0.879. The first-order valence-corrected chi connectivity index (χ1v) is 6.52. The van der Waals surface area contributed by atoms with Gasteiger partial charge in [0.2, 0.25) is 0 Å². The van der Waals surface area contributed by atoms with Gasteiger partial charge in [-0.25, -0.2) is 4.98 Å². The third kappa shape index (κ3) is 2.27. The van der Waals surface area contributed by atoms with Gasteiger partial charge in [-0.15, -0.1) is 0 Å². The van der Waals surface area contributed by atoms with E-state index in [4.69, 9.17) is 0 Å². The molecule has 1 N–H and O–H groups in total. The van der Waals surface area contributed by atoms with Crippen molar-refractivity contribution in [2.45, 2.75) is 25.5 Å². The monoisotopic (exact) mass is 259 g/mol. The topological polar surface area (TPSA) is 57.8 Å². The molecule has 1 saturated heterocycles. The molecule has 100 valence electrons. The molecule has 19 heavy (non-hydrogen) atoms. The summed E-state index contributed by atoms with van der Waals surface area (Å²) in [5.74, 6) is 0. The molecular formula is C14H17N3O2. The molecule has 2 aromatic heterocycles. The smallest absolute Gasteiger partial charge is 0.258 e. The van der Waals surface area contributed by atoms with Crippen LogP contribution < -0.4 is 5.56 Å². The maximum Gasteiger partial charge on any atom is 0.258 e. The van der Waals surface area contributed by atoms with Gasteiger partial charge in [-0.1, -0.05) is 13.0 Å². The second-order valence-electron chi connectivity index (χ2n) is 5.24. The fourth-order valence-electron chi connectivity index (χ4n) is 2.53. The Labute approximate surface area is 111 Å². The molecule has 3 rings (SSSR count). The van der Waals surface area contributed by atoms with Gasteiger partial charge >= 0.3 is 0 Å².